The molecule has 2 bridgehead atoms. The third kappa shape index (κ3) is 16.4. The van der Waals surface area contributed by atoms with Crippen LogP contribution in [-0.4, -0.2) is 225 Å². The third-order valence-corrected chi connectivity index (χ3v) is 20.8. The van der Waals surface area contributed by atoms with Gasteiger partial charge in [-0.25, -0.2) is 14.0 Å². The van der Waals surface area contributed by atoms with Gasteiger partial charge in [0.2, 0.25) is 41.4 Å². The largest absolute Gasteiger partial charge is 0.458 e. The number of likely N-dealkylation sites (N-methyl/N-ethyl adjacent to an activating group) is 1. The van der Waals surface area contributed by atoms with Gasteiger partial charge in [-0.1, -0.05) is 49.4 Å². The topological polar surface area (TPSA) is 269 Å². The highest BCUT2D eigenvalue weighted by molar-refractivity contribution is 8.00. The van der Waals surface area contributed by atoms with Gasteiger partial charge in [-0.2, -0.15) is 11.8 Å². The van der Waals surface area contributed by atoms with Gasteiger partial charge < -0.3 is 64.9 Å². The van der Waals surface area contributed by atoms with Crippen LogP contribution < -0.4 is 36.0 Å². The molecule has 8 amide bonds. The van der Waals surface area contributed by atoms with Gasteiger partial charge in [0.15, 0.2) is 6.04 Å². The number of rotatable bonds is 18. The number of nitrogens with one attached hydrogen (secondary N) is 4. The van der Waals surface area contributed by atoms with Crippen LogP contribution in [0.15, 0.2) is 72.8 Å². The summed E-state index contributed by atoms with van der Waals surface area (Å²) in [6.07, 6.45) is -0.149. The molecule has 0 spiro atoms. The number of hydrogen-bond donors (Lipinski definition) is 4. The Labute approximate surface area is 546 Å². The number of fused-ring (bicyclic) bond motifs is 5. The highest BCUT2D eigenvalue weighted by Crippen LogP contribution is 2.38. The third-order valence-electron chi connectivity index (χ3n) is 19.2. The number of anilines is 3. The summed E-state index contributed by atoms with van der Waals surface area (Å²) in [4.78, 5) is 157. The van der Waals surface area contributed by atoms with Crippen molar-refractivity contribution in [2.45, 2.75) is 138 Å². The molecule has 0 radical (unpaired) electrons. The maximum absolute atomic E-state index is 15.8. The van der Waals surface area contributed by atoms with E-state index in [4.69, 9.17) is 14.2 Å². The minimum Gasteiger partial charge on any atom is -0.458 e. The number of esters is 1. The average molecular weight is 1310 g/mol. The van der Waals surface area contributed by atoms with Crippen LogP contribution in [0.2, 0.25) is 0 Å². The maximum Gasteiger partial charge on any atom is 0.414 e. The van der Waals surface area contributed by atoms with Crippen LogP contribution in [0.5, 0.6) is 0 Å². The lowest BCUT2D eigenvalue weighted by Crippen LogP contribution is -2.63. The van der Waals surface area contributed by atoms with Gasteiger partial charge in [0.05, 0.1) is 37.7 Å². The number of piperidine rings is 4. The quantitative estimate of drug-likeness (QED) is 0.105. The molecule has 8 heterocycles. The second-order valence-electron chi connectivity index (χ2n) is 25.7. The summed E-state index contributed by atoms with van der Waals surface area (Å²) in [6.45, 7) is 8.18. The number of halogens is 1. The zero-order valence-corrected chi connectivity index (χ0v) is 54.6. The van der Waals surface area contributed by atoms with Gasteiger partial charge in [-0.3, -0.25) is 43.3 Å². The van der Waals surface area contributed by atoms with Crippen molar-refractivity contribution in [3.8, 4) is 0 Å². The molecular formula is C67H88FN11O13S. The summed E-state index contributed by atoms with van der Waals surface area (Å²) in [5.41, 5.74) is 2.60. The Morgan fingerprint density at radius 1 is 0.763 bits per heavy atom. The van der Waals surface area contributed by atoms with E-state index in [-0.39, 0.29) is 94.8 Å². The van der Waals surface area contributed by atoms with E-state index in [2.05, 4.69) is 26.2 Å². The Morgan fingerprint density at radius 3 is 2.16 bits per heavy atom. The van der Waals surface area contributed by atoms with Crippen molar-refractivity contribution in [1.82, 2.24) is 40.9 Å². The molecule has 502 valence electrons. The van der Waals surface area contributed by atoms with Crippen LogP contribution in [0.3, 0.4) is 0 Å². The molecule has 3 aromatic rings. The molecule has 0 aliphatic carbocycles. The number of hydrogen-bond acceptors (Lipinski definition) is 17. The number of ether oxygens (including phenoxy) is 3. The molecule has 26 heteroatoms. The SMILES string of the molecule is CC[C@@H]1NC(=O)[C@@H](NC(=O)CCCCC(=O)NC[C@H]2CN(c3ccc(N4CCOCC4)c(F)c3)C(=O)O2)[C@@H](C)OC(=O)[C@H](c2ccccc2)NC(=O)[C@@H]2CC(=O)[C@H](CSC3CN4CCC3CC4)CN2C(=O)[C@H](Cc2ccc(N(C)C)cc2)N(C)C(=O)[C@@H]2CCCN2C1=O. The number of nitrogens with zero attached hydrogens (tertiary/aromatic N) is 7. The Bertz CT molecular complexity index is 3220. The molecule has 8 aliphatic heterocycles. The second-order valence-corrected chi connectivity index (χ2v) is 26.9. The van der Waals surface area contributed by atoms with E-state index < -0.39 is 108 Å². The monoisotopic (exact) mass is 1310 g/mol. The van der Waals surface area contributed by atoms with Crippen molar-refractivity contribution in [3.05, 3.63) is 89.7 Å². The second kappa shape index (κ2) is 30.9. The number of benzene rings is 3. The van der Waals surface area contributed by atoms with E-state index in [1.165, 1.54) is 39.6 Å². The number of unbranched alkanes of at least 4 members (excludes halogenated alkanes) is 1. The number of Topliss-reactive ketones (excluding diaryl/α,β-unsaturated/α-hetero) is 1. The fraction of sp³-hybridized carbons (Fsp3) is 0.582. The predicted molar refractivity (Wildman–Crippen MR) is 345 cm³/mol. The van der Waals surface area contributed by atoms with E-state index >= 15 is 18.8 Å². The summed E-state index contributed by atoms with van der Waals surface area (Å²) in [5.74, 6) is -5.92. The van der Waals surface area contributed by atoms with Crippen molar-refractivity contribution in [2.24, 2.45) is 11.8 Å². The van der Waals surface area contributed by atoms with Gasteiger partial charge in [-0.05, 0) is 112 Å². The summed E-state index contributed by atoms with van der Waals surface area (Å²) in [7, 11) is 5.32. The summed E-state index contributed by atoms with van der Waals surface area (Å²) in [6, 6.07) is 12.1. The molecule has 24 nitrogen and oxygen atoms in total. The Hall–Kier alpha value is -7.84. The molecule has 0 aromatic heterocycles. The molecule has 8 fully saturated rings. The molecule has 93 heavy (non-hydrogen) atoms. The molecule has 10 atom stereocenters. The molecule has 0 saturated carbocycles. The Kier molecular flexibility index (Phi) is 22.6. The summed E-state index contributed by atoms with van der Waals surface area (Å²) in [5, 5.41) is 11.4. The number of morpholine rings is 1. The Balaban J connectivity index is 0.857. The van der Waals surface area contributed by atoms with Crippen LogP contribution in [-0.2, 0) is 63.8 Å². The van der Waals surface area contributed by atoms with Crippen molar-refractivity contribution >= 4 is 88.0 Å². The number of carbonyl (C=O) groups excluding carboxylic acids is 10. The van der Waals surface area contributed by atoms with Gasteiger partial charge in [0.1, 0.15) is 54.0 Å². The van der Waals surface area contributed by atoms with E-state index in [0.29, 0.717) is 66.6 Å². The molecule has 3 aromatic carbocycles. The summed E-state index contributed by atoms with van der Waals surface area (Å²) < 4.78 is 32.2. The lowest BCUT2D eigenvalue weighted by molar-refractivity contribution is -0.158. The van der Waals surface area contributed by atoms with Crippen molar-refractivity contribution in [3.63, 3.8) is 0 Å². The highest BCUT2D eigenvalue weighted by Gasteiger charge is 2.48. The molecule has 1 unspecified atom stereocenters. The normalized spacial score (nSPS) is 28.3. The fourth-order valence-electron chi connectivity index (χ4n) is 13.7. The molecule has 11 rings (SSSR count). The molecule has 8 aliphatic rings. The smallest absolute Gasteiger partial charge is 0.414 e. The van der Waals surface area contributed by atoms with Crippen LogP contribution in [0.25, 0.3) is 0 Å². The standard InChI is InChI=1S/C67H88FN11O13S/c1-6-50-63(85)77-26-12-15-52(77)64(86)74(5)54(33-42-18-20-46(21-19-42)73(3)4)65(87)79-37-45(40-93-56-39-75-27-24-43(56)25-28-75)55(80)35-53(79)61(83)72-60(44-13-8-7-9-14-44)66(88)91-41(2)59(62(84)70-50)71-58(82)17-11-10-16-57(81)69-36-48-38-78(67(89)92-48)47-22-23-51(49(68)34-47)76-29-31-90-32-30-76/h7-9,13-14,18-23,34,41,43,45,48,50,52-54,56,59-60H,6,10-12,15-17,24-33,35-40H2,1-5H3,(H,69,81)(H,70,84)(H,71,82)(H,72,83)/t41-,45+,48+,50+,52+,53+,54+,56?,59+,60+/m1/s1. The first kappa shape index (κ1) is 68.0. The zero-order valence-electron chi connectivity index (χ0n) is 53.8. The average Bonchev–Trinajstić information content (AvgIpc) is 1.46. The van der Waals surface area contributed by atoms with Gasteiger partial charge in [0, 0.05) is 102 Å². The first-order valence-corrected chi connectivity index (χ1v) is 33.8. The number of cyclic esters (lactones) is 2. The van der Waals surface area contributed by atoms with Crippen LogP contribution in [0.4, 0.5) is 26.2 Å². The predicted octanol–water partition coefficient (Wildman–Crippen LogP) is 3.59. The fourth-order valence-corrected chi connectivity index (χ4v) is 15.3. The van der Waals surface area contributed by atoms with E-state index in [9.17, 15) is 33.6 Å². The number of ketones is 1. The molecule has 4 N–H and O–H groups in total. The van der Waals surface area contributed by atoms with Crippen molar-refractivity contribution in [2.75, 3.05) is 114 Å². The number of carbonyl (C=O) groups is 10. The van der Waals surface area contributed by atoms with Gasteiger partial charge in [-0.15, -0.1) is 0 Å². The van der Waals surface area contributed by atoms with Crippen LogP contribution in [0, 0.1) is 17.7 Å². The minimum atomic E-state index is -1.62. The van der Waals surface area contributed by atoms with Crippen molar-refractivity contribution < 1.29 is 66.5 Å². The zero-order chi connectivity index (χ0) is 66.0. The maximum atomic E-state index is 15.8. The minimum absolute atomic E-state index is 0.0125. The lowest BCUT2D eigenvalue weighted by atomic mass is 9.88. The first-order valence-electron chi connectivity index (χ1n) is 32.8. The number of thioether (sulfide) groups is 1. The Morgan fingerprint density at radius 2 is 1.48 bits per heavy atom. The van der Waals surface area contributed by atoms with E-state index in [0.717, 1.165) is 38.2 Å². The number of amides is 8. The highest BCUT2D eigenvalue weighted by atomic mass is 32.2. The van der Waals surface area contributed by atoms with Crippen molar-refractivity contribution in [1.29, 1.82) is 0 Å². The summed E-state index contributed by atoms with van der Waals surface area (Å²) >= 11 is 1.73. The lowest BCUT2D eigenvalue weighted by Gasteiger charge is -2.45. The van der Waals surface area contributed by atoms with E-state index in [1.54, 1.807) is 61.2 Å². The van der Waals surface area contributed by atoms with Crippen LogP contribution in [0.1, 0.15) is 95.2 Å². The van der Waals surface area contributed by atoms with E-state index in [1.807, 2.05) is 48.2 Å². The molecule has 8 saturated heterocycles. The first-order chi connectivity index (χ1) is 44.7. The van der Waals surface area contributed by atoms with Gasteiger partial charge in [0.25, 0.3) is 0 Å². The van der Waals surface area contributed by atoms with Crippen LogP contribution >= 0.6 is 11.8 Å². The molecular weight excluding hydrogens is 1220 g/mol. The van der Waals surface area contributed by atoms with Gasteiger partial charge >= 0.3 is 12.1 Å².